The number of ether oxygens (including phenoxy) is 2. The van der Waals surface area contributed by atoms with E-state index in [4.69, 9.17) is 20.2 Å². The standard InChI is InChI=1S/C15H21ClO4S/c1-11-9-12(2)15(14(10-11)21(16,17)18)20-8-4-6-13-5-3-7-19-13/h9-10,13H,3-8H2,1-2H3. The Morgan fingerprint density at radius 1 is 1.38 bits per heavy atom. The number of hydrogen-bond acceptors (Lipinski definition) is 4. The number of halogens is 1. The van der Waals surface area contributed by atoms with Crippen LogP contribution in [-0.4, -0.2) is 27.7 Å². The highest BCUT2D eigenvalue weighted by Gasteiger charge is 2.20. The van der Waals surface area contributed by atoms with Gasteiger partial charge in [0.2, 0.25) is 0 Å². The molecule has 0 spiro atoms. The maximum atomic E-state index is 11.7. The van der Waals surface area contributed by atoms with Crippen molar-refractivity contribution < 1.29 is 17.9 Å². The van der Waals surface area contributed by atoms with E-state index in [1.54, 1.807) is 6.07 Å². The molecule has 0 amide bonds. The van der Waals surface area contributed by atoms with E-state index in [-0.39, 0.29) is 4.90 Å². The first-order valence-corrected chi connectivity index (χ1v) is 9.49. The van der Waals surface area contributed by atoms with E-state index in [0.29, 0.717) is 18.5 Å². The highest BCUT2D eigenvalue weighted by molar-refractivity contribution is 8.13. The van der Waals surface area contributed by atoms with Crippen molar-refractivity contribution in [3.8, 4) is 5.75 Å². The molecule has 0 N–H and O–H groups in total. The summed E-state index contributed by atoms with van der Waals surface area (Å²) in [4.78, 5) is 0.0544. The van der Waals surface area contributed by atoms with Crippen molar-refractivity contribution >= 4 is 19.7 Å². The second kappa shape index (κ2) is 6.99. The molecular weight excluding hydrogens is 312 g/mol. The van der Waals surface area contributed by atoms with E-state index < -0.39 is 9.05 Å². The van der Waals surface area contributed by atoms with Crippen LogP contribution in [0.25, 0.3) is 0 Å². The Morgan fingerprint density at radius 3 is 2.76 bits per heavy atom. The SMILES string of the molecule is Cc1cc(C)c(OCCCC2CCCO2)c(S(=O)(=O)Cl)c1. The van der Waals surface area contributed by atoms with Crippen LogP contribution in [0, 0.1) is 13.8 Å². The van der Waals surface area contributed by atoms with E-state index in [0.717, 1.165) is 43.4 Å². The van der Waals surface area contributed by atoms with E-state index in [9.17, 15) is 8.42 Å². The van der Waals surface area contributed by atoms with Crippen LogP contribution in [0.15, 0.2) is 17.0 Å². The minimum absolute atomic E-state index is 0.0544. The first-order valence-electron chi connectivity index (χ1n) is 7.18. The Hall–Kier alpha value is -0.780. The van der Waals surface area contributed by atoms with Crippen LogP contribution in [0.1, 0.15) is 36.8 Å². The average Bonchev–Trinajstić information content (AvgIpc) is 2.87. The summed E-state index contributed by atoms with van der Waals surface area (Å²) in [6.45, 7) is 4.97. The maximum absolute atomic E-state index is 11.7. The van der Waals surface area contributed by atoms with Gasteiger partial charge in [-0.1, -0.05) is 6.07 Å². The van der Waals surface area contributed by atoms with Gasteiger partial charge in [-0.3, -0.25) is 0 Å². The van der Waals surface area contributed by atoms with Gasteiger partial charge in [-0.25, -0.2) is 8.42 Å². The molecule has 2 rings (SSSR count). The predicted molar refractivity (Wildman–Crippen MR) is 82.7 cm³/mol. The quantitative estimate of drug-likeness (QED) is 0.590. The number of rotatable bonds is 6. The van der Waals surface area contributed by atoms with Gasteiger partial charge in [0.25, 0.3) is 9.05 Å². The normalized spacial score (nSPS) is 18.9. The zero-order valence-electron chi connectivity index (χ0n) is 12.4. The Balaban J connectivity index is 2.01. The lowest BCUT2D eigenvalue weighted by atomic mass is 10.1. The summed E-state index contributed by atoms with van der Waals surface area (Å²) in [5.74, 6) is 0.364. The van der Waals surface area contributed by atoms with Gasteiger partial charge in [-0.15, -0.1) is 0 Å². The molecule has 1 aromatic rings. The van der Waals surface area contributed by atoms with Crippen molar-refractivity contribution in [2.75, 3.05) is 13.2 Å². The van der Waals surface area contributed by atoms with Crippen LogP contribution < -0.4 is 4.74 Å². The van der Waals surface area contributed by atoms with E-state index in [2.05, 4.69) is 0 Å². The topological polar surface area (TPSA) is 52.6 Å². The fourth-order valence-corrected chi connectivity index (χ4v) is 3.75. The van der Waals surface area contributed by atoms with E-state index in [1.807, 2.05) is 19.9 Å². The third kappa shape index (κ3) is 4.59. The molecule has 0 radical (unpaired) electrons. The molecule has 0 aliphatic carbocycles. The molecule has 1 aliphatic heterocycles. The zero-order chi connectivity index (χ0) is 15.5. The molecule has 118 valence electrons. The molecule has 21 heavy (non-hydrogen) atoms. The van der Waals surface area contributed by atoms with Crippen molar-refractivity contribution in [2.45, 2.75) is 50.5 Å². The minimum atomic E-state index is -3.81. The monoisotopic (exact) mass is 332 g/mol. The fourth-order valence-electron chi connectivity index (χ4n) is 2.64. The van der Waals surface area contributed by atoms with Gasteiger partial charge in [0, 0.05) is 17.3 Å². The first kappa shape index (κ1) is 16.6. The van der Waals surface area contributed by atoms with Gasteiger partial charge >= 0.3 is 0 Å². The molecule has 0 bridgehead atoms. The van der Waals surface area contributed by atoms with Crippen LogP contribution in [-0.2, 0) is 13.8 Å². The zero-order valence-corrected chi connectivity index (χ0v) is 14.0. The Labute approximate surface area is 130 Å². The van der Waals surface area contributed by atoms with Gasteiger partial charge in [0.05, 0.1) is 12.7 Å². The van der Waals surface area contributed by atoms with Crippen LogP contribution >= 0.6 is 10.7 Å². The van der Waals surface area contributed by atoms with Crippen LogP contribution in [0.4, 0.5) is 0 Å². The van der Waals surface area contributed by atoms with Crippen molar-refractivity contribution in [1.82, 2.24) is 0 Å². The molecule has 1 heterocycles. The Morgan fingerprint density at radius 2 is 2.14 bits per heavy atom. The lowest BCUT2D eigenvalue weighted by molar-refractivity contribution is 0.0979. The molecule has 0 aromatic heterocycles. The molecule has 1 atom stereocenters. The Kier molecular flexibility index (Phi) is 5.52. The molecule has 1 aliphatic rings. The second-order valence-corrected chi connectivity index (χ2v) is 8.01. The summed E-state index contributed by atoms with van der Waals surface area (Å²) in [5.41, 5.74) is 1.63. The van der Waals surface area contributed by atoms with Gasteiger partial charge in [0.15, 0.2) is 0 Å². The lowest BCUT2D eigenvalue weighted by Crippen LogP contribution is -2.09. The summed E-state index contributed by atoms with van der Waals surface area (Å²) < 4.78 is 34.6. The molecule has 4 nitrogen and oxygen atoms in total. The molecule has 0 saturated carbocycles. The summed E-state index contributed by atoms with van der Waals surface area (Å²) in [7, 11) is 1.69. The van der Waals surface area contributed by atoms with Gasteiger partial charge in [0.1, 0.15) is 10.6 Å². The van der Waals surface area contributed by atoms with Gasteiger partial charge in [-0.2, -0.15) is 0 Å². The first-order chi connectivity index (χ1) is 9.88. The third-order valence-electron chi connectivity index (χ3n) is 3.59. The largest absolute Gasteiger partial charge is 0.492 e. The molecule has 1 saturated heterocycles. The summed E-state index contributed by atoms with van der Waals surface area (Å²) in [5, 5.41) is 0. The number of benzene rings is 1. The molecule has 6 heteroatoms. The van der Waals surface area contributed by atoms with Crippen molar-refractivity contribution in [1.29, 1.82) is 0 Å². The Bertz CT molecular complexity index is 592. The second-order valence-electron chi connectivity index (χ2n) is 5.47. The number of aryl methyl sites for hydroxylation is 2. The van der Waals surface area contributed by atoms with Gasteiger partial charge < -0.3 is 9.47 Å². The molecule has 1 unspecified atom stereocenters. The highest BCUT2D eigenvalue weighted by Crippen LogP contribution is 2.32. The summed E-state index contributed by atoms with van der Waals surface area (Å²) >= 11 is 0. The van der Waals surface area contributed by atoms with Gasteiger partial charge in [-0.05, 0) is 56.7 Å². The van der Waals surface area contributed by atoms with Crippen LogP contribution in [0.3, 0.4) is 0 Å². The average molecular weight is 333 g/mol. The minimum Gasteiger partial charge on any atom is -0.492 e. The molecular formula is C15H21ClO4S. The lowest BCUT2D eigenvalue weighted by Gasteiger charge is -2.14. The maximum Gasteiger partial charge on any atom is 0.265 e. The van der Waals surface area contributed by atoms with Crippen LogP contribution in [0.2, 0.25) is 0 Å². The van der Waals surface area contributed by atoms with E-state index >= 15 is 0 Å². The number of hydrogen-bond donors (Lipinski definition) is 0. The van der Waals surface area contributed by atoms with E-state index in [1.165, 1.54) is 0 Å². The third-order valence-corrected chi connectivity index (χ3v) is 4.92. The van der Waals surface area contributed by atoms with Crippen LogP contribution in [0.5, 0.6) is 5.75 Å². The summed E-state index contributed by atoms with van der Waals surface area (Å²) in [6.07, 6.45) is 4.32. The van der Waals surface area contributed by atoms with Crippen molar-refractivity contribution in [2.24, 2.45) is 0 Å². The van der Waals surface area contributed by atoms with Crippen molar-refractivity contribution in [3.05, 3.63) is 23.3 Å². The predicted octanol–water partition coefficient (Wildman–Crippen LogP) is 3.57. The highest BCUT2D eigenvalue weighted by atomic mass is 35.7. The smallest absolute Gasteiger partial charge is 0.265 e. The molecule has 1 fully saturated rings. The van der Waals surface area contributed by atoms with Crippen molar-refractivity contribution in [3.63, 3.8) is 0 Å². The fraction of sp³-hybridized carbons (Fsp3) is 0.600. The molecule has 1 aromatic carbocycles. The summed E-state index contributed by atoms with van der Waals surface area (Å²) in [6, 6.07) is 3.44.